The third-order valence-corrected chi connectivity index (χ3v) is 6.71. The quantitative estimate of drug-likeness (QED) is 0.412. The lowest BCUT2D eigenvalue weighted by Gasteiger charge is -2.37. The standard InChI is InChI=1S/C25H24F4N6O/c1-33(15-16-6-7-17(26)14-21(16)25(27,28)29)18-8-11-34(12-9-18)22-19-4-2-3-5-20(19)23(32-31-22)35-13-10-30-24(35)36/h2-7,10,13-14,18H,8-9,11-12,15H2,1H3,(H,30,36). The van der Waals surface area contributed by atoms with Crippen LogP contribution in [0.15, 0.2) is 59.7 Å². The van der Waals surface area contributed by atoms with Crippen LogP contribution in [0.3, 0.4) is 0 Å². The van der Waals surface area contributed by atoms with Crippen LogP contribution in [0.25, 0.3) is 16.6 Å². The van der Waals surface area contributed by atoms with Gasteiger partial charge in [0.25, 0.3) is 0 Å². The molecule has 11 heteroatoms. The number of halogens is 4. The molecule has 1 aliphatic rings. The van der Waals surface area contributed by atoms with Gasteiger partial charge in [-0.1, -0.05) is 30.3 Å². The molecule has 1 aliphatic heterocycles. The lowest BCUT2D eigenvalue weighted by atomic mass is 10.0. The van der Waals surface area contributed by atoms with Crippen molar-refractivity contribution in [3.05, 3.63) is 82.3 Å². The number of piperidine rings is 1. The number of alkyl halides is 3. The van der Waals surface area contributed by atoms with Gasteiger partial charge in [0.2, 0.25) is 0 Å². The number of imidazole rings is 1. The highest BCUT2D eigenvalue weighted by atomic mass is 19.4. The third-order valence-electron chi connectivity index (χ3n) is 6.71. The molecule has 0 atom stereocenters. The Bertz CT molecular complexity index is 1440. The number of nitrogens with one attached hydrogen (secondary N) is 1. The molecular formula is C25H24F4N6O. The van der Waals surface area contributed by atoms with Crippen LogP contribution < -0.4 is 10.6 Å². The topological polar surface area (TPSA) is 70.1 Å². The molecule has 0 bridgehead atoms. The van der Waals surface area contributed by atoms with E-state index in [0.29, 0.717) is 43.6 Å². The minimum atomic E-state index is -4.61. The highest BCUT2D eigenvalue weighted by Crippen LogP contribution is 2.34. The number of anilines is 1. The van der Waals surface area contributed by atoms with Gasteiger partial charge in [-0.25, -0.2) is 13.8 Å². The normalized spacial score (nSPS) is 15.2. The second kappa shape index (κ2) is 9.38. The van der Waals surface area contributed by atoms with Crippen LogP contribution in [0.5, 0.6) is 0 Å². The van der Waals surface area contributed by atoms with Crippen molar-refractivity contribution in [1.29, 1.82) is 0 Å². The van der Waals surface area contributed by atoms with E-state index in [9.17, 15) is 22.4 Å². The van der Waals surface area contributed by atoms with Crippen LogP contribution in [-0.4, -0.2) is 50.8 Å². The second-order valence-corrected chi connectivity index (χ2v) is 8.96. The van der Waals surface area contributed by atoms with E-state index in [1.54, 1.807) is 13.2 Å². The fourth-order valence-electron chi connectivity index (χ4n) is 4.84. The highest BCUT2D eigenvalue weighted by molar-refractivity contribution is 5.96. The van der Waals surface area contributed by atoms with Gasteiger partial charge >= 0.3 is 11.9 Å². The van der Waals surface area contributed by atoms with Gasteiger partial charge in [0.05, 0.1) is 5.56 Å². The molecule has 0 radical (unpaired) electrons. The average molecular weight is 501 g/mol. The first kappa shape index (κ1) is 24.0. The van der Waals surface area contributed by atoms with E-state index in [4.69, 9.17) is 0 Å². The molecule has 2 aromatic heterocycles. The van der Waals surface area contributed by atoms with Crippen molar-refractivity contribution in [2.45, 2.75) is 31.6 Å². The van der Waals surface area contributed by atoms with Crippen molar-refractivity contribution < 1.29 is 17.6 Å². The van der Waals surface area contributed by atoms with Gasteiger partial charge in [0, 0.05) is 48.8 Å². The first-order chi connectivity index (χ1) is 17.2. The average Bonchev–Trinajstić information content (AvgIpc) is 3.29. The van der Waals surface area contributed by atoms with Crippen LogP contribution in [0.1, 0.15) is 24.0 Å². The smallest absolute Gasteiger partial charge is 0.354 e. The minimum absolute atomic E-state index is 0.0567. The summed E-state index contributed by atoms with van der Waals surface area (Å²) in [6.45, 7) is 1.36. The molecule has 7 nitrogen and oxygen atoms in total. The van der Waals surface area contributed by atoms with Gasteiger partial charge in [-0.15, -0.1) is 10.2 Å². The number of H-pyrrole nitrogens is 1. The van der Waals surface area contributed by atoms with Gasteiger partial charge in [0.1, 0.15) is 5.82 Å². The monoisotopic (exact) mass is 500 g/mol. The molecule has 2 aromatic carbocycles. The van der Waals surface area contributed by atoms with E-state index in [2.05, 4.69) is 20.1 Å². The van der Waals surface area contributed by atoms with Crippen LogP contribution in [0.2, 0.25) is 0 Å². The minimum Gasteiger partial charge on any atom is -0.354 e. The fourth-order valence-corrected chi connectivity index (χ4v) is 4.84. The van der Waals surface area contributed by atoms with Crippen molar-refractivity contribution in [3.63, 3.8) is 0 Å². The van der Waals surface area contributed by atoms with E-state index in [-0.39, 0.29) is 23.8 Å². The number of fused-ring (bicyclic) bond motifs is 1. The van der Waals surface area contributed by atoms with Gasteiger partial charge in [-0.05, 0) is 37.6 Å². The van der Waals surface area contributed by atoms with Crippen molar-refractivity contribution in [2.75, 3.05) is 25.0 Å². The van der Waals surface area contributed by atoms with Crippen LogP contribution >= 0.6 is 0 Å². The van der Waals surface area contributed by atoms with Gasteiger partial charge in [-0.2, -0.15) is 13.2 Å². The van der Waals surface area contributed by atoms with E-state index in [1.807, 2.05) is 29.2 Å². The zero-order chi connectivity index (χ0) is 25.4. The molecule has 1 fully saturated rings. The summed E-state index contributed by atoms with van der Waals surface area (Å²) in [5.74, 6) is 0.245. The Morgan fingerprint density at radius 1 is 1.06 bits per heavy atom. The molecule has 4 aromatic rings. The van der Waals surface area contributed by atoms with E-state index >= 15 is 0 Å². The number of rotatable bonds is 5. The summed E-state index contributed by atoms with van der Waals surface area (Å²) in [6.07, 6.45) is -0.0378. The summed E-state index contributed by atoms with van der Waals surface area (Å²) in [7, 11) is 1.79. The van der Waals surface area contributed by atoms with E-state index in [0.717, 1.165) is 16.8 Å². The van der Waals surface area contributed by atoms with Gasteiger partial charge in [-0.3, -0.25) is 4.90 Å². The molecule has 0 amide bonds. The molecule has 0 saturated carbocycles. The predicted molar refractivity (Wildman–Crippen MR) is 128 cm³/mol. The molecule has 188 valence electrons. The number of benzene rings is 2. The number of hydrogen-bond acceptors (Lipinski definition) is 5. The van der Waals surface area contributed by atoms with Crippen LogP contribution in [-0.2, 0) is 12.7 Å². The highest BCUT2D eigenvalue weighted by Gasteiger charge is 2.34. The molecular weight excluding hydrogens is 476 g/mol. The van der Waals surface area contributed by atoms with Gasteiger partial charge in [0.15, 0.2) is 11.6 Å². The summed E-state index contributed by atoms with van der Waals surface area (Å²) in [6, 6.07) is 10.5. The van der Waals surface area contributed by atoms with Crippen LogP contribution in [0.4, 0.5) is 23.4 Å². The first-order valence-electron chi connectivity index (χ1n) is 11.5. The maximum atomic E-state index is 13.5. The summed E-state index contributed by atoms with van der Waals surface area (Å²) in [4.78, 5) is 18.7. The molecule has 0 aliphatic carbocycles. The van der Waals surface area contributed by atoms with Crippen molar-refractivity contribution in [1.82, 2.24) is 24.6 Å². The third kappa shape index (κ3) is 4.58. The Morgan fingerprint density at radius 2 is 1.72 bits per heavy atom. The lowest BCUT2D eigenvalue weighted by Crippen LogP contribution is -2.43. The number of aromatic nitrogens is 4. The fraction of sp³-hybridized carbons (Fsp3) is 0.320. The molecule has 0 spiro atoms. The summed E-state index contributed by atoms with van der Waals surface area (Å²) >= 11 is 0. The zero-order valence-electron chi connectivity index (χ0n) is 19.5. The maximum absolute atomic E-state index is 13.5. The predicted octanol–water partition coefficient (Wildman–Crippen LogP) is 4.37. The number of nitrogens with zero attached hydrogens (tertiary/aromatic N) is 5. The van der Waals surface area contributed by atoms with Crippen molar-refractivity contribution >= 4 is 16.6 Å². The maximum Gasteiger partial charge on any atom is 0.416 e. The molecule has 0 unspecified atom stereocenters. The molecule has 1 saturated heterocycles. The molecule has 3 heterocycles. The Balaban J connectivity index is 1.33. The number of hydrogen-bond donors (Lipinski definition) is 1. The van der Waals surface area contributed by atoms with E-state index < -0.39 is 17.6 Å². The van der Waals surface area contributed by atoms with Crippen molar-refractivity contribution in [2.24, 2.45) is 0 Å². The first-order valence-corrected chi connectivity index (χ1v) is 11.5. The van der Waals surface area contributed by atoms with Crippen LogP contribution in [0, 0.1) is 5.82 Å². The molecule has 5 rings (SSSR count). The second-order valence-electron chi connectivity index (χ2n) is 8.96. The lowest BCUT2D eigenvalue weighted by molar-refractivity contribution is -0.138. The molecule has 1 N–H and O–H groups in total. The Morgan fingerprint density at radius 3 is 2.36 bits per heavy atom. The van der Waals surface area contributed by atoms with Gasteiger partial charge < -0.3 is 9.88 Å². The summed E-state index contributed by atoms with van der Waals surface area (Å²) in [5, 5.41) is 10.4. The Kier molecular flexibility index (Phi) is 6.25. The SMILES string of the molecule is CN(Cc1ccc(F)cc1C(F)(F)F)C1CCN(c2nnc(-n3cc[nH]c3=O)c3ccccc23)CC1. The van der Waals surface area contributed by atoms with Crippen molar-refractivity contribution in [3.8, 4) is 5.82 Å². The summed E-state index contributed by atoms with van der Waals surface area (Å²) < 4.78 is 55.1. The zero-order valence-corrected chi connectivity index (χ0v) is 19.5. The Labute approximate surface area is 204 Å². The Hall–Kier alpha value is -3.73. The van der Waals surface area contributed by atoms with E-state index in [1.165, 1.54) is 16.8 Å². The summed E-state index contributed by atoms with van der Waals surface area (Å²) in [5.41, 5.74) is -1.18. The number of aromatic amines is 1. The molecule has 36 heavy (non-hydrogen) atoms. The largest absolute Gasteiger partial charge is 0.416 e.